The zero-order valence-corrected chi connectivity index (χ0v) is 19.2. The predicted molar refractivity (Wildman–Crippen MR) is 126 cm³/mol. The molecule has 0 saturated carbocycles. The molecule has 0 aliphatic carbocycles. The Bertz CT molecular complexity index is 1100. The first-order valence-electron chi connectivity index (χ1n) is 11.4. The zero-order valence-electron chi connectivity index (χ0n) is 19.2. The van der Waals surface area contributed by atoms with Crippen molar-refractivity contribution in [3.05, 3.63) is 59.3 Å². The first-order valence-corrected chi connectivity index (χ1v) is 11.4. The van der Waals surface area contributed by atoms with Crippen LogP contribution in [0.2, 0.25) is 0 Å². The van der Waals surface area contributed by atoms with Gasteiger partial charge >= 0.3 is 0 Å². The highest BCUT2D eigenvalue weighted by molar-refractivity contribution is 5.87. The van der Waals surface area contributed by atoms with Gasteiger partial charge in [-0.3, -0.25) is 4.90 Å². The van der Waals surface area contributed by atoms with E-state index in [2.05, 4.69) is 46.1 Å². The lowest BCUT2D eigenvalue weighted by Gasteiger charge is -2.50. The molecule has 6 heteroatoms. The maximum atomic E-state index is 10.5. The summed E-state index contributed by atoms with van der Waals surface area (Å²) in [6, 6.07) is 14.4. The zero-order chi connectivity index (χ0) is 22.3. The number of nitrogens with zero attached hydrogens (tertiary/aromatic N) is 2. The SMILES string of the molecule is COc1ccc2c3c([nH]c2c1)[C@H](CO)N(Cc1ccccc1OC)CC31CCN(C)CC1. The molecule has 2 aliphatic heterocycles. The monoisotopic (exact) mass is 435 g/mol. The average molecular weight is 436 g/mol. The fourth-order valence-corrected chi connectivity index (χ4v) is 5.79. The molecule has 1 spiro atoms. The number of nitrogens with one attached hydrogen (secondary N) is 1. The molecule has 1 saturated heterocycles. The molecule has 0 amide bonds. The summed E-state index contributed by atoms with van der Waals surface area (Å²) in [5.74, 6) is 1.74. The second-order valence-electron chi connectivity index (χ2n) is 9.32. The van der Waals surface area contributed by atoms with Crippen molar-refractivity contribution < 1.29 is 14.6 Å². The lowest BCUT2D eigenvalue weighted by molar-refractivity contribution is 0.0470. The van der Waals surface area contributed by atoms with E-state index in [1.165, 1.54) is 10.9 Å². The quantitative estimate of drug-likeness (QED) is 0.640. The minimum absolute atomic E-state index is 0.0579. The Morgan fingerprint density at radius 1 is 1.09 bits per heavy atom. The number of piperidine rings is 1. The number of aliphatic hydroxyl groups is 1. The fraction of sp³-hybridized carbons (Fsp3) is 0.462. The van der Waals surface area contributed by atoms with Crippen LogP contribution in [0.1, 0.15) is 35.7 Å². The second kappa shape index (κ2) is 8.43. The summed E-state index contributed by atoms with van der Waals surface area (Å²) in [5.41, 5.74) is 4.85. The second-order valence-corrected chi connectivity index (χ2v) is 9.32. The maximum absolute atomic E-state index is 10.5. The van der Waals surface area contributed by atoms with Gasteiger partial charge in [0.15, 0.2) is 0 Å². The van der Waals surface area contributed by atoms with Gasteiger partial charge < -0.3 is 24.5 Å². The Hall–Kier alpha value is -2.54. The lowest BCUT2D eigenvalue weighted by Crippen LogP contribution is -2.53. The molecule has 3 aromatic rings. The largest absolute Gasteiger partial charge is 0.497 e. The summed E-state index contributed by atoms with van der Waals surface area (Å²) in [6.07, 6.45) is 2.21. The van der Waals surface area contributed by atoms with E-state index in [4.69, 9.17) is 9.47 Å². The summed E-state index contributed by atoms with van der Waals surface area (Å²) >= 11 is 0. The van der Waals surface area contributed by atoms with Gasteiger partial charge in [0.25, 0.3) is 0 Å². The van der Waals surface area contributed by atoms with Crippen molar-refractivity contribution in [3.63, 3.8) is 0 Å². The Morgan fingerprint density at radius 3 is 2.59 bits per heavy atom. The van der Waals surface area contributed by atoms with Crippen LogP contribution in [0.15, 0.2) is 42.5 Å². The van der Waals surface area contributed by atoms with Crippen molar-refractivity contribution in [2.75, 3.05) is 47.5 Å². The number of hydrogen-bond donors (Lipinski definition) is 2. The molecule has 1 fully saturated rings. The molecule has 0 radical (unpaired) electrons. The lowest BCUT2D eigenvalue weighted by atomic mass is 9.68. The van der Waals surface area contributed by atoms with E-state index in [1.54, 1.807) is 14.2 Å². The maximum Gasteiger partial charge on any atom is 0.123 e. The van der Waals surface area contributed by atoms with Crippen LogP contribution in [0.5, 0.6) is 11.5 Å². The summed E-state index contributed by atoms with van der Waals surface area (Å²) in [7, 11) is 5.63. The van der Waals surface area contributed by atoms with E-state index in [9.17, 15) is 5.11 Å². The van der Waals surface area contributed by atoms with Gasteiger partial charge in [0, 0.05) is 46.7 Å². The minimum Gasteiger partial charge on any atom is -0.497 e. The van der Waals surface area contributed by atoms with Gasteiger partial charge in [0.1, 0.15) is 11.5 Å². The number of fused-ring (bicyclic) bond motifs is 4. The first-order chi connectivity index (χ1) is 15.6. The van der Waals surface area contributed by atoms with Crippen molar-refractivity contribution in [1.82, 2.24) is 14.8 Å². The van der Waals surface area contributed by atoms with E-state index >= 15 is 0 Å². The van der Waals surface area contributed by atoms with Gasteiger partial charge in [-0.1, -0.05) is 18.2 Å². The molecule has 2 aliphatic rings. The van der Waals surface area contributed by atoms with Crippen LogP contribution in [0.25, 0.3) is 10.9 Å². The van der Waals surface area contributed by atoms with Crippen LogP contribution in [0, 0.1) is 0 Å². The van der Waals surface area contributed by atoms with Crippen molar-refractivity contribution in [2.24, 2.45) is 0 Å². The molecule has 170 valence electrons. The van der Waals surface area contributed by atoms with Crippen LogP contribution in [0.3, 0.4) is 0 Å². The number of likely N-dealkylation sites (tertiary alicyclic amines) is 1. The third-order valence-corrected chi connectivity index (χ3v) is 7.53. The third kappa shape index (κ3) is 3.47. The number of rotatable bonds is 5. The van der Waals surface area contributed by atoms with Gasteiger partial charge in [0.2, 0.25) is 0 Å². The highest BCUT2D eigenvalue weighted by atomic mass is 16.5. The molecule has 3 heterocycles. The topological polar surface area (TPSA) is 61.0 Å². The number of aliphatic hydroxyl groups excluding tert-OH is 1. The number of aromatic amines is 1. The van der Waals surface area contributed by atoms with Crippen LogP contribution in [-0.4, -0.2) is 67.4 Å². The molecule has 6 nitrogen and oxygen atoms in total. The average Bonchev–Trinajstić information content (AvgIpc) is 3.21. The van der Waals surface area contributed by atoms with Crippen LogP contribution >= 0.6 is 0 Å². The fourth-order valence-electron chi connectivity index (χ4n) is 5.79. The number of H-pyrrole nitrogens is 1. The highest BCUT2D eigenvalue weighted by Crippen LogP contribution is 2.49. The van der Waals surface area contributed by atoms with E-state index in [1.807, 2.05) is 18.2 Å². The van der Waals surface area contributed by atoms with Gasteiger partial charge in [-0.15, -0.1) is 0 Å². The van der Waals surface area contributed by atoms with Crippen LogP contribution < -0.4 is 9.47 Å². The van der Waals surface area contributed by atoms with E-state index in [0.29, 0.717) is 0 Å². The van der Waals surface area contributed by atoms with E-state index in [0.717, 1.165) is 67.3 Å². The summed E-state index contributed by atoms with van der Waals surface area (Å²) < 4.78 is 11.1. The highest BCUT2D eigenvalue weighted by Gasteiger charge is 2.47. The third-order valence-electron chi connectivity index (χ3n) is 7.53. The minimum atomic E-state index is -0.0846. The number of methoxy groups -OCH3 is 2. The van der Waals surface area contributed by atoms with Crippen molar-refractivity contribution in [3.8, 4) is 11.5 Å². The first kappa shape index (κ1) is 21.3. The van der Waals surface area contributed by atoms with Gasteiger partial charge in [-0.2, -0.15) is 0 Å². The predicted octanol–water partition coefficient (Wildman–Crippen LogP) is 3.70. The van der Waals surface area contributed by atoms with Gasteiger partial charge in [-0.25, -0.2) is 0 Å². The Balaban J connectivity index is 1.63. The number of ether oxygens (including phenoxy) is 2. The van der Waals surface area contributed by atoms with E-state index < -0.39 is 0 Å². The molecule has 1 aromatic heterocycles. The van der Waals surface area contributed by atoms with Crippen LogP contribution in [-0.2, 0) is 12.0 Å². The van der Waals surface area contributed by atoms with Crippen molar-refractivity contribution >= 4 is 10.9 Å². The molecule has 2 N–H and O–H groups in total. The standard InChI is InChI=1S/C26H33N3O3/c1-28-12-10-26(11-13-28)17-29(15-18-6-4-5-7-23(18)32-3)22(16-30)25-24(26)20-9-8-19(31-2)14-21(20)27-25/h4-9,14,22,27,30H,10-13,15-17H2,1-3H3/t22-/m0/s1. The van der Waals surface area contributed by atoms with Gasteiger partial charge in [-0.05, 0) is 56.7 Å². The number of para-hydroxylation sites is 1. The smallest absolute Gasteiger partial charge is 0.123 e. The summed E-state index contributed by atoms with van der Waals surface area (Å²) in [5, 5.41) is 11.8. The van der Waals surface area contributed by atoms with Crippen molar-refractivity contribution in [2.45, 2.75) is 30.8 Å². The number of aromatic nitrogens is 1. The normalized spacial score (nSPS) is 21.1. The molecular weight excluding hydrogens is 402 g/mol. The number of hydrogen-bond acceptors (Lipinski definition) is 5. The Labute approximate surface area is 189 Å². The van der Waals surface area contributed by atoms with Crippen LogP contribution in [0.4, 0.5) is 0 Å². The number of benzene rings is 2. The molecule has 0 bridgehead atoms. The Kier molecular flexibility index (Phi) is 5.61. The van der Waals surface area contributed by atoms with E-state index in [-0.39, 0.29) is 18.1 Å². The summed E-state index contributed by atoms with van der Waals surface area (Å²) in [4.78, 5) is 8.56. The Morgan fingerprint density at radius 2 is 1.88 bits per heavy atom. The van der Waals surface area contributed by atoms with Gasteiger partial charge in [0.05, 0.1) is 26.9 Å². The molecule has 2 aromatic carbocycles. The molecule has 32 heavy (non-hydrogen) atoms. The van der Waals surface area contributed by atoms with Crippen molar-refractivity contribution in [1.29, 1.82) is 0 Å². The molecule has 5 rings (SSSR count). The molecular formula is C26H33N3O3. The molecule has 1 atom stereocenters. The summed E-state index contributed by atoms with van der Waals surface area (Å²) in [6.45, 7) is 3.90. The molecule has 0 unspecified atom stereocenters.